The average Bonchev–Trinajstić information content (AvgIpc) is 2.46. The van der Waals surface area contributed by atoms with Crippen LogP contribution in [0.15, 0.2) is 56.7 Å². The molecule has 0 aliphatic carbocycles. The summed E-state index contributed by atoms with van der Waals surface area (Å²) in [4.78, 5) is 10.8. The fourth-order valence-electron chi connectivity index (χ4n) is 1.82. The molecule has 2 rings (SSSR count). The molecule has 0 aliphatic heterocycles. The molecule has 0 radical (unpaired) electrons. The Morgan fingerprint density at radius 3 is 2.08 bits per heavy atom. The highest BCUT2D eigenvalue weighted by Gasteiger charge is 2.23. The molecule has 2 aromatic rings. The zero-order valence-electron chi connectivity index (χ0n) is 12.7. The Balaban J connectivity index is 2.42. The summed E-state index contributed by atoms with van der Waals surface area (Å²) in [6.45, 7) is 1.39. The zero-order chi connectivity index (χ0) is 18.1. The van der Waals surface area contributed by atoms with Gasteiger partial charge in [-0.1, -0.05) is 0 Å². The second-order valence-electron chi connectivity index (χ2n) is 4.98. The molecule has 0 atom stereocenters. The Bertz CT molecular complexity index is 993. The molecule has 0 N–H and O–H groups in total. The number of sulfone groups is 1. The van der Waals surface area contributed by atoms with Crippen LogP contribution < -0.4 is 4.18 Å². The van der Waals surface area contributed by atoms with Crippen molar-refractivity contribution in [1.29, 1.82) is 0 Å². The molecule has 0 spiro atoms. The van der Waals surface area contributed by atoms with Crippen molar-refractivity contribution in [3.63, 3.8) is 0 Å². The number of ketones is 1. The maximum absolute atomic E-state index is 12.4. The van der Waals surface area contributed by atoms with Crippen molar-refractivity contribution in [1.82, 2.24) is 0 Å². The number of carbonyl (C=O) groups excluding carboxylic acids is 1. The van der Waals surface area contributed by atoms with Crippen molar-refractivity contribution >= 4 is 41.7 Å². The van der Waals surface area contributed by atoms with Gasteiger partial charge in [-0.05, 0) is 65.3 Å². The van der Waals surface area contributed by atoms with Crippen LogP contribution in [0.2, 0.25) is 0 Å². The molecule has 0 aliphatic rings. The predicted octanol–water partition coefficient (Wildman–Crippen LogP) is 2.82. The maximum Gasteiger partial charge on any atom is 0.340 e. The largest absolute Gasteiger partial charge is 0.379 e. The first-order valence-corrected chi connectivity index (χ1v) is 10.6. The number of rotatable bonds is 5. The summed E-state index contributed by atoms with van der Waals surface area (Å²) in [6, 6.07) is 9.22. The van der Waals surface area contributed by atoms with Gasteiger partial charge in [0.15, 0.2) is 15.6 Å². The molecule has 0 fully saturated rings. The summed E-state index contributed by atoms with van der Waals surface area (Å²) in [7, 11) is -7.82. The van der Waals surface area contributed by atoms with Crippen LogP contribution >= 0.6 is 15.9 Å². The summed E-state index contributed by atoms with van der Waals surface area (Å²) in [6.07, 6.45) is 0.980. The molecule has 0 aromatic heterocycles. The van der Waals surface area contributed by atoms with Crippen LogP contribution in [0.5, 0.6) is 5.75 Å². The SMILES string of the molecule is CC(=O)c1ccc(OS(=O)(=O)c2cc(S(C)(=O)=O)ccc2Br)cc1. The summed E-state index contributed by atoms with van der Waals surface area (Å²) in [5.74, 6) is -0.148. The van der Waals surface area contributed by atoms with E-state index in [2.05, 4.69) is 15.9 Å². The van der Waals surface area contributed by atoms with Crippen molar-refractivity contribution < 1.29 is 25.8 Å². The van der Waals surface area contributed by atoms with Gasteiger partial charge < -0.3 is 4.18 Å². The normalized spacial score (nSPS) is 12.0. The lowest BCUT2D eigenvalue weighted by atomic mass is 10.1. The van der Waals surface area contributed by atoms with Crippen LogP contribution in [-0.4, -0.2) is 28.9 Å². The highest BCUT2D eigenvalue weighted by molar-refractivity contribution is 9.10. The highest BCUT2D eigenvalue weighted by Crippen LogP contribution is 2.28. The van der Waals surface area contributed by atoms with Gasteiger partial charge in [0.1, 0.15) is 10.6 Å². The first-order chi connectivity index (χ1) is 11.0. The van der Waals surface area contributed by atoms with E-state index >= 15 is 0 Å². The van der Waals surface area contributed by atoms with Crippen LogP contribution in [0.3, 0.4) is 0 Å². The highest BCUT2D eigenvalue weighted by atomic mass is 79.9. The van der Waals surface area contributed by atoms with Gasteiger partial charge in [-0.15, -0.1) is 0 Å². The average molecular weight is 433 g/mol. The van der Waals surface area contributed by atoms with Gasteiger partial charge >= 0.3 is 10.1 Å². The van der Waals surface area contributed by atoms with E-state index in [1.54, 1.807) is 0 Å². The molecule has 0 amide bonds. The first kappa shape index (κ1) is 18.6. The van der Waals surface area contributed by atoms with E-state index in [1.807, 2.05) is 0 Å². The topological polar surface area (TPSA) is 94.6 Å². The minimum Gasteiger partial charge on any atom is -0.379 e. The van der Waals surface area contributed by atoms with Crippen LogP contribution in [0.1, 0.15) is 17.3 Å². The third-order valence-electron chi connectivity index (χ3n) is 3.07. The van der Waals surface area contributed by atoms with Crippen molar-refractivity contribution in [3.05, 3.63) is 52.5 Å². The lowest BCUT2D eigenvalue weighted by Crippen LogP contribution is -2.11. The Kier molecular flexibility index (Phi) is 5.17. The lowest BCUT2D eigenvalue weighted by Gasteiger charge is -2.10. The molecule has 128 valence electrons. The molecule has 0 bridgehead atoms. The van der Waals surface area contributed by atoms with E-state index in [0.717, 1.165) is 12.3 Å². The fraction of sp³-hybridized carbons (Fsp3) is 0.133. The maximum atomic E-state index is 12.4. The molecule has 0 saturated heterocycles. The molecular formula is C15H13BrO6S2. The van der Waals surface area contributed by atoms with Crippen molar-refractivity contribution in [2.45, 2.75) is 16.7 Å². The van der Waals surface area contributed by atoms with Gasteiger partial charge in [0, 0.05) is 16.3 Å². The second kappa shape index (κ2) is 6.66. The number of carbonyl (C=O) groups is 1. The summed E-state index contributed by atoms with van der Waals surface area (Å²) in [5.41, 5.74) is 0.417. The standard InChI is InChI=1S/C15H13BrO6S2/c1-10(17)11-3-5-12(6-4-11)22-24(20,21)15-9-13(23(2,18)19)7-8-14(15)16/h3-9H,1-2H3. The Morgan fingerprint density at radius 2 is 1.58 bits per heavy atom. The summed E-state index contributed by atoms with van der Waals surface area (Å²) >= 11 is 3.08. The van der Waals surface area contributed by atoms with Gasteiger partial charge in [-0.25, -0.2) is 8.42 Å². The monoisotopic (exact) mass is 432 g/mol. The molecule has 6 nitrogen and oxygen atoms in total. The Labute approximate surface area is 148 Å². The van der Waals surface area contributed by atoms with E-state index in [-0.39, 0.29) is 25.8 Å². The van der Waals surface area contributed by atoms with Crippen molar-refractivity contribution in [2.75, 3.05) is 6.26 Å². The first-order valence-electron chi connectivity index (χ1n) is 6.56. The minimum absolute atomic E-state index is 0.0108. The van der Waals surface area contributed by atoms with Gasteiger partial charge in [0.05, 0.1) is 4.90 Å². The number of hydrogen-bond acceptors (Lipinski definition) is 6. The van der Waals surface area contributed by atoms with E-state index in [1.165, 1.54) is 43.3 Å². The number of benzene rings is 2. The lowest BCUT2D eigenvalue weighted by molar-refractivity contribution is 0.101. The Morgan fingerprint density at radius 1 is 1.00 bits per heavy atom. The van der Waals surface area contributed by atoms with Crippen LogP contribution in [-0.2, 0) is 20.0 Å². The van der Waals surface area contributed by atoms with E-state index in [4.69, 9.17) is 4.18 Å². The zero-order valence-corrected chi connectivity index (χ0v) is 15.9. The van der Waals surface area contributed by atoms with Gasteiger partial charge in [0.2, 0.25) is 0 Å². The number of Topliss-reactive ketones (excluding diaryl/α,β-unsaturated/α-hetero) is 1. The van der Waals surface area contributed by atoms with E-state index in [0.29, 0.717) is 5.56 Å². The van der Waals surface area contributed by atoms with Gasteiger partial charge in [-0.2, -0.15) is 8.42 Å². The van der Waals surface area contributed by atoms with Gasteiger partial charge in [-0.3, -0.25) is 4.79 Å². The summed E-state index contributed by atoms with van der Waals surface area (Å²) < 4.78 is 53.2. The van der Waals surface area contributed by atoms with E-state index in [9.17, 15) is 21.6 Å². The van der Waals surface area contributed by atoms with Crippen LogP contribution in [0.4, 0.5) is 0 Å². The smallest absolute Gasteiger partial charge is 0.340 e. The van der Waals surface area contributed by atoms with E-state index < -0.39 is 20.0 Å². The molecule has 0 unspecified atom stereocenters. The second-order valence-corrected chi connectivity index (χ2v) is 9.37. The molecule has 0 heterocycles. The summed E-state index contributed by atoms with van der Waals surface area (Å²) in [5, 5.41) is 0. The molecular weight excluding hydrogens is 420 g/mol. The van der Waals surface area contributed by atoms with Crippen LogP contribution in [0, 0.1) is 0 Å². The molecule has 24 heavy (non-hydrogen) atoms. The Hall–Kier alpha value is -1.71. The third-order valence-corrected chi connectivity index (χ3v) is 6.42. The van der Waals surface area contributed by atoms with Crippen LogP contribution in [0.25, 0.3) is 0 Å². The third kappa shape index (κ3) is 4.22. The quantitative estimate of drug-likeness (QED) is 0.532. The molecule has 9 heteroatoms. The fourth-order valence-corrected chi connectivity index (χ4v) is 4.42. The molecule has 0 saturated carbocycles. The molecule has 2 aromatic carbocycles. The van der Waals surface area contributed by atoms with Crippen molar-refractivity contribution in [3.8, 4) is 5.75 Å². The van der Waals surface area contributed by atoms with Crippen molar-refractivity contribution in [2.24, 2.45) is 0 Å². The minimum atomic E-state index is -4.26. The number of hydrogen-bond donors (Lipinski definition) is 0. The van der Waals surface area contributed by atoms with Gasteiger partial charge in [0.25, 0.3) is 0 Å². The predicted molar refractivity (Wildman–Crippen MR) is 91.5 cm³/mol. The number of halogens is 1.